The third-order valence-corrected chi connectivity index (χ3v) is 4.81. The summed E-state index contributed by atoms with van der Waals surface area (Å²) in [6.45, 7) is 13.6. The standard InChI is InChI=1S/C17H36N2O/c1-6-10-18-17-9-8-14(3)11-16(17)12-19(7-2)15(4)13-20-5/h14-18H,6-13H2,1-5H3. The van der Waals surface area contributed by atoms with Gasteiger partial charge in [-0.1, -0.05) is 20.8 Å². The Balaban J connectivity index is 2.57. The number of hydrogen-bond acceptors (Lipinski definition) is 3. The van der Waals surface area contributed by atoms with E-state index < -0.39 is 0 Å². The van der Waals surface area contributed by atoms with Crippen molar-refractivity contribution in [3.05, 3.63) is 0 Å². The molecule has 0 aromatic rings. The Morgan fingerprint density at radius 2 is 2.05 bits per heavy atom. The monoisotopic (exact) mass is 284 g/mol. The van der Waals surface area contributed by atoms with Gasteiger partial charge in [-0.05, 0) is 57.5 Å². The van der Waals surface area contributed by atoms with Crippen molar-refractivity contribution >= 4 is 0 Å². The summed E-state index contributed by atoms with van der Waals surface area (Å²) in [6.07, 6.45) is 5.34. The maximum Gasteiger partial charge on any atom is 0.0615 e. The van der Waals surface area contributed by atoms with E-state index in [0.717, 1.165) is 37.6 Å². The van der Waals surface area contributed by atoms with Crippen molar-refractivity contribution in [2.24, 2.45) is 11.8 Å². The maximum atomic E-state index is 5.33. The highest BCUT2D eigenvalue weighted by Gasteiger charge is 2.30. The van der Waals surface area contributed by atoms with E-state index in [9.17, 15) is 0 Å². The molecule has 0 aliphatic heterocycles. The quantitative estimate of drug-likeness (QED) is 0.704. The molecule has 120 valence electrons. The number of rotatable bonds is 9. The van der Waals surface area contributed by atoms with Crippen LogP contribution in [0.15, 0.2) is 0 Å². The second-order valence-corrected chi connectivity index (χ2v) is 6.63. The van der Waals surface area contributed by atoms with Gasteiger partial charge < -0.3 is 10.1 Å². The SMILES string of the molecule is CCCNC1CCC(C)CC1CN(CC)C(C)COC. The van der Waals surface area contributed by atoms with Crippen LogP contribution in [0.4, 0.5) is 0 Å². The topological polar surface area (TPSA) is 24.5 Å². The smallest absolute Gasteiger partial charge is 0.0615 e. The summed E-state index contributed by atoms with van der Waals surface area (Å²) in [5.41, 5.74) is 0. The Labute approximate surface area is 126 Å². The molecule has 0 radical (unpaired) electrons. The average molecular weight is 284 g/mol. The van der Waals surface area contributed by atoms with Gasteiger partial charge in [-0.15, -0.1) is 0 Å². The van der Waals surface area contributed by atoms with Gasteiger partial charge in [-0.2, -0.15) is 0 Å². The van der Waals surface area contributed by atoms with E-state index in [2.05, 4.69) is 37.9 Å². The molecule has 0 spiro atoms. The molecule has 1 aliphatic rings. The number of ether oxygens (including phenoxy) is 1. The zero-order chi connectivity index (χ0) is 15.0. The Hall–Kier alpha value is -0.120. The average Bonchev–Trinajstić information content (AvgIpc) is 2.44. The molecule has 0 amide bonds. The minimum absolute atomic E-state index is 0.522. The van der Waals surface area contributed by atoms with Gasteiger partial charge >= 0.3 is 0 Å². The Morgan fingerprint density at radius 3 is 2.65 bits per heavy atom. The van der Waals surface area contributed by atoms with Crippen molar-refractivity contribution in [2.45, 2.75) is 65.5 Å². The fourth-order valence-electron chi connectivity index (χ4n) is 3.57. The maximum absolute atomic E-state index is 5.33. The van der Waals surface area contributed by atoms with Crippen LogP contribution in [0.3, 0.4) is 0 Å². The molecule has 4 unspecified atom stereocenters. The molecule has 1 saturated carbocycles. The van der Waals surface area contributed by atoms with Crippen molar-refractivity contribution in [1.82, 2.24) is 10.2 Å². The number of nitrogens with one attached hydrogen (secondary N) is 1. The van der Waals surface area contributed by atoms with Gasteiger partial charge in [-0.3, -0.25) is 4.90 Å². The van der Waals surface area contributed by atoms with Crippen LogP contribution in [-0.4, -0.2) is 50.3 Å². The first-order chi connectivity index (χ1) is 9.62. The van der Waals surface area contributed by atoms with E-state index in [-0.39, 0.29) is 0 Å². The van der Waals surface area contributed by atoms with Gasteiger partial charge in [-0.25, -0.2) is 0 Å². The van der Waals surface area contributed by atoms with E-state index in [0.29, 0.717) is 6.04 Å². The predicted molar refractivity (Wildman–Crippen MR) is 87.2 cm³/mol. The van der Waals surface area contributed by atoms with Gasteiger partial charge in [0.15, 0.2) is 0 Å². The van der Waals surface area contributed by atoms with Gasteiger partial charge in [0, 0.05) is 25.7 Å². The first-order valence-corrected chi connectivity index (χ1v) is 8.58. The predicted octanol–water partition coefficient (Wildman–Crippen LogP) is 3.15. The van der Waals surface area contributed by atoms with Crippen LogP contribution in [0.5, 0.6) is 0 Å². The summed E-state index contributed by atoms with van der Waals surface area (Å²) in [7, 11) is 1.80. The normalized spacial score (nSPS) is 28.8. The summed E-state index contributed by atoms with van der Waals surface area (Å²) < 4.78 is 5.33. The first kappa shape index (κ1) is 17.9. The fraction of sp³-hybridized carbons (Fsp3) is 1.00. The molecule has 1 N–H and O–H groups in total. The van der Waals surface area contributed by atoms with Crippen LogP contribution in [0.1, 0.15) is 53.4 Å². The molecule has 20 heavy (non-hydrogen) atoms. The highest BCUT2D eigenvalue weighted by Crippen LogP contribution is 2.30. The Kier molecular flexibility index (Phi) is 8.74. The Bertz CT molecular complexity index is 245. The van der Waals surface area contributed by atoms with Crippen LogP contribution in [-0.2, 0) is 4.74 Å². The third kappa shape index (κ3) is 5.71. The highest BCUT2D eigenvalue weighted by molar-refractivity contribution is 4.86. The fourth-order valence-corrected chi connectivity index (χ4v) is 3.57. The van der Waals surface area contributed by atoms with Crippen molar-refractivity contribution in [3.63, 3.8) is 0 Å². The zero-order valence-corrected chi connectivity index (χ0v) is 14.3. The highest BCUT2D eigenvalue weighted by atomic mass is 16.5. The van der Waals surface area contributed by atoms with Crippen LogP contribution < -0.4 is 5.32 Å². The van der Waals surface area contributed by atoms with E-state index in [1.807, 2.05) is 0 Å². The van der Waals surface area contributed by atoms with Crippen LogP contribution >= 0.6 is 0 Å². The molecule has 0 bridgehead atoms. The molecular formula is C17H36N2O. The molecule has 3 nitrogen and oxygen atoms in total. The largest absolute Gasteiger partial charge is 0.383 e. The number of likely N-dealkylation sites (N-methyl/N-ethyl adjacent to an activating group) is 1. The lowest BCUT2D eigenvalue weighted by Gasteiger charge is -2.40. The van der Waals surface area contributed by atoms with Crippen molar-refractivity contribution < 1.29 is 4.74 Å². The van der Waals surface area contributed by atoms with Gasteiger partial charge in [0.1, 0.15) is 0 Å². The molecule has 1 fully saturated rings. The first-order valence-electron chi connectivity index (χ1n) is 8.58. The zero-order valence-electron chi connectivity index (χ0n) is 14.3. The van der Waals surface area contributed by atoms with Crippen molar-refractivity contribution in [1.29, 1.82) is 0 Å². The van der Waals surface area contributed by atoms with Crippen molar-refractivity contribution in [3.8, 4) is 0 Å². The van der Waals surface area contributed by atoms with E-state index in [1.165, 1.54) is 32.2 Å². The number of hydrogen-bond donors (Lipinski definition) is 1. The lowest BCUT2D eigenvalue weighted by Crippen LogP contribution is -2.48. The lowest BCUT2D eigenvalue weighted by molar-refractivity contribution is 0.0728. The molecule has 1 aliphatic carbocycles. The molecule has 0 heterocycles. The van der Waals surface area contributed by atoms with Gasteiger partial charge in [0.05, 0.1) is 6.61 Å². The summed E-state index contributed by atoms with van der Waals surface area (Å²) in [6, 6.07) is 1.24. The van der Waals surface area contributed by atoms with E-state index >= 15 is 0 Å². The van der Waals surface area contributed by atoms with Crippen LogP contribution in [0, 0.1) is 11.8 Å². The molecule has 0 aromatic heterocycles. The van der Waals surface area contributed by atoms with Crippen LogP contribution in [0.2, 0.25) is 0 Å². The minimum atomic E-state index is 0.522. The molecular weight excluding hydrogens is 248 g/mol. The lowest BCUT2D eigenvalue weighted by atomic mass is 9.78. The van der Waals surface area contributed by atoms with E-state index in [4.69, 9.17) is 4.74 Å². The third-order valence-electron chi connectivity index (χ3n) is 4.81. The molecule has 0 saturated heterocycles. The molecule has 1 rings (SSSR count). The van der Waals surface area contributed by atoms with Crippen LogP contribution in [0.25, 0.3) is 0 Å². The summed E-state index contributed by atoms with van der Waals surface area (Å²) >= 11 is 0. The second-order valence-electron chi connectivity index (χ2n) is 6.63. The number of methoxy groups -OCH3 is 1. The van der Waals surface area contributed by atoms with Crippen molar-refractivity contribution in [2.75, 3.05) is 33.4 Å². The summed E-state index contributed by atoms with van der Waals surface area (Å²) in [5.74, 6) is 1.68. The molecule has 3 heteroatoms. The second kappa shape index (κ2) is 9.75. The molecule has 4 atom stereocenters. The van der Waals surface area contributed by atoms with Gasteiger partial charge in [0.25, 0.3) is 0 Å². The minimum Gasteiger partial charge on any atom is -0.383 e. The Morgan fingerprint density at radius 1 is 1.30 bits per heavy atom. The van der Waals surface area contributed by atoms with E-state index in [1.54, 1.807) is 7.11 Å². The molecule has 0 aromatic carbocycles. The summed E-state index contributed by atoms with van der Waals surface area (Å²) in [5, 5.41) is 3.78. The van der Waals surface area contributed by atoms with Gasteiger partial charge in [0.2, 0.25) is 0 Å². The summed E-state index contributed by atoms with van der Waals surface area (Å²) in [4.78, 5) is 2.59. The number of nitrogens with zero attached hydrogens (tertiary/aromatic N) is 1.